The Hall–Kier alpha value is -6.04. The molecule has 0 radical (unpaired) electrons. The van der Waals surface area contributed by atoms with Crippen molar-refractivity contribution in [2.24, 2.45) is 0 Å². The van der Waals surface area contributed by atoms with Gasteiger partial charge in [0.2, 0.25) is 0 Å². The molecule has 0 heterocycles. The predicted octanol–water partition coefficient (Wildman–Crippen LogP) is 12.5. The molecule has 1 aliphatic rings. The number of esters is 4. The van der Waals surface area contributed by atoms with Crippen molar-refractivity contribution in [3.8, 4) is 23.0 Å². The third-order valence-corrected chi connectivity index (χ3v) is 13.5. The van der Waals surface area contributed by atoms with Crippen LogP contribution in [0, 0.1) is 0 Å². The van der Waals surface area contributed by atoms with E-state index >= 15 is 0 Å². The van der Waals surface area contributed by atoms with Gasteiger partial charge >= 0.3 is 23.9 Å². The molecule has 0 saturated heterocycles. The number of benzene rings is 4. The molecule has 76 heavy (non-hydrogen) atoms. The molecule has 416 valence electrons. The Labute approximate surface area is 454 Å². The van der Waals surface area contributed by atoms with Crippen LogP contribution in [0.2, 0.25) is 0 Å². The fraction of sp³-hybridized carbons (Fsp3) is 0.562. The van der Waals surface area contributed by atoms with E-state index in [0.717, 1.165) is 66.8 Å². The summed E-state index contributed by atoms with van der Waals surface area (Å²) in [6.07, 6.45) is 4.23. The van der Waals surface area contributed by atoms with Crippen LogP contribution in [-0.2, 0) is 98.3 Å². The summed E-state index contributed by atoms with van der Waals surface area (Å²) in [6, 6.07) is 17.5. The van der Waals surface area contributed by atoms with Crippen molar-refractivity contribution in [3.63, 3.8) is 0 Å². The van der Waals surface area contributed by atoms with Crippen molar-refractivity contribution in [1.29, 1.82) is 0 Å². The quantitative estimate of drug-likeness (QED) is 0.0778. The molecule has 0 amide bonds. The lowest BCUT2D eigenvalue weighted by molar-refractivity contribution is -0.146. The highest BCUT2D eigenvalue weighted by Gasteiger charge is 2.29. The third-order valence-electron chi connectivity index (χ3n) is 13.5. The van der Waals surface area contributed by atoms with E-state index in [1.54, 1.807) is 27.7 Å². The number of hydrogen-bond donors (Lipinski definition) is 0. The van der Waals surface area contributed by atoms with Crippen LogP contribution in [0.1, 0.15) is 190 Å². The summed E-state index contributed by atoms with van der Waals surface area (Å²) in [5.74, 6) is 0.504. The average Bonchev–Trinajstić information content (AvgIpc) is 3.31. The molecule has 0 atom stereocenters. The standard InChI is InChI=1S/C64H88O12/c1-17-69-53(65)37-73-57-41-23-21-24-42-30-51(63(11,12)13)35-47(59(42)75-39-55(67)71-19-3)28-48-36-52(64(14,15)16)32-44(60(48)76-40-56(68)72-20-4)26-22-25-43-31-50(62(8,9)10)34-46(58(43)74-38-54(66)70-18-2)27-45(57)33-49(29-41)61(5,6)7/h29-36H,17-28,37-40H2,1-16H3. The third kappa shape index (κ3) is 17.0. The predicted molar refractivity (Wildman–Crippen MR) is 299 cm³/mol. The molecule has 4 aromatic rings. The molecule has 0 unspecified atom stereocenters. The number of aryl methyl sites for hydroxylation is 4. The van der Waals surface area contributed by atoms with Gasteiger partial charge in [-0.3, -0.25) is 0 Å². The molecule has 8 bridgehead atoms. The Bertz CT molecular complexity index is 2300. The van der Waals surface area contributed by atoms with Gasteiger partial charge in [-0.1, -0.05) is 132 Å². The second-order valence-electron chi connectivity index (χ2n) is 23.9. The summed E-state index contributed by atoms with van der Waals surface area (Å²) >= 11 is 0. The van der Waals surface area contributed by atoms with Gasteiger partial charge in [0, 0.05) is 12.8 Å². The molecule has 0 aromatic heterocycles. The van der Waals surface area contributed by atoms with Gasteiger partial charge in [-0.25, -0.2) is 19.2 Å². The zero-order valence-electron chi connectivity index (χ0n) is 48.8. The van der Waals surface area contributed by atoms with E-state index in [2.05, 4.69) is 132 Å². The SMILES string of the molecule is CCOC(=O)COc1c2cc(C(C)(C)C)cc1Cc1cc(C(C)(C)C)cc(c1OCC(=O)OCC)CCCc1cc(C(C)(C)C)cc(c1OCC(=O)OCC)Cc1cc(C(C)(C)C)cc(c1OCC(=O)OCC)CCC2. The number of rotatable bonds is 16. The van der Waals surface area contributed by atoms with Crippen molar-refractivity contribution in [2.75, 3.05) is 52.9 Å². The Morgan fingerprint density at radius 3 is 0.684 bits per heavy atom. The zero-order valence-corrected chi connectivity index (χ0v) is 48.8. The molecule has 0 spiro atoms. The average molecular weight is 1050 g/mol. The van der Waals surface area contributed by atoms with Gasteiger partial charge in [0.25, 0.3) is 0 Å². The maximum atomic E-state index is 13.1. The van der Waals surface area contributed by atoms with Crippen molar-refractivity contribution >= 4 is 23.9 Å². The number of fused-ring (bicyclic) bond motifs is 8. The minimum absolute atomic E-state index is 0.217. The summed E-state index contributed by atoms with van der Waals surface area (Å²) in [5.41, 5.74) is 10.5. The van der Waals surface area contributed by atoms with Crippen molar-refractivity contribution in [1.82, 2.24) is 0 Å². The second-order valence-corrected chi connectivity index (χ2v) is 23.9. The lowest BCUT2D eigenvalue weighted by atomic mass is 9.80. The minimum atomic E-state index is -0.472. The molecule has 0 N–H and O–H groups in total. The van der Waals surface area contributed by atoms with E-state index in [9.17, 15) is 19.2 Å². The summed E-state index contributed by atoms with van der Waals surface area (Å²) in [7, 11) is 0. The molecule has 4 aromatic carbocycles. The molecule has 0 aliphatic heterocycles. The number of hydrogen-bond acceptors (Lipinski definition) is 12. The monoisotopic (exact) mass is 1050 g/mol. The molecular weight excluding hydrogens is 961 g/mol. The van der Waals surface area contributed by atoms with E-state index < -0.39 is 23.9 Å². The first-order valence-electron chi connectivity index (χ1n) is 27.4. The molecule has 12 heteroatoms. The van der Waals surface area contributed by atoms with E-state index in [1.165, 1.54) is 0 Å². The van der Waals surface area contributed by atoms with Gasteiger partial charge in [0.15, 0.2) is 26.4 Å². The molecule has 5 rings (SSSR count). The van der Waals surface area contributed by atoms with Crippen molar-refractivity contribution in [3.05, 3.63) is 115 Å². The molecule has 12 nitrogen and oxygen atoms in total. The van der Waals surface area contributed by atoms with Crippen LogP contribution in [0.5, 0.6) is 23.0 Å². The fourth-order valence-electron chi connectivity index (χ4n) is 9.44. The van der Waals surface area contributed by atoms with Gasteiger partial charge in [-0.05, 0) is 155 Å². The lowest BCUT2D eigenvalue weighted by Crippen LogP contribution is -2.20. The summed E-state index contributed by atoms with van der Waals surface area (Å²) in [6.45, 7) is 33.1. The van der Waals surface area contributed by atoms with Crippen LogP contribution >= 0.6 is 0 Å². The first kappa shape index (κ1) is 60.8. The van der Waals surface area contributed by atoms with E-state index in [1.807, 2.05) is 0 Å². The van der Waals surface area contributed by atoms with Crippen LogP contribution < -0.4 is 18.9 Å². The maximum absolute atomic E-state index is 13.1. The Morgan fingerprint density at radius 1 is 0.329 bits per heavy atom. The molecule has 0 saturated carbocycles. The van der Waals surface area contributed by atoms with Gasteiger partial charge in [-0.15, -0.1) is 0 Å². The second kappa shape index (κ2) is 26.3. The summed E-state index contributed by atoms with van der Waals surface area (Å²) < 4.78 is 48.1. The van der Waals surface area contributed by atoms with Crippen LogP contribution in [0.15, 0.2) is 48.5 Å². The molecule has 1 aliphatic carbocycles. The highest BCUT2D eigenvalue weighted by molar-refractivity contribution is 5.73. The molecule has 0 fully saturated rings. The van der Waals surface area contributed by atoms with Crippen LogP contribution in [0.25, 0.3) is 0 Å². The summed E-state index contributed by atoms with van der Waals surface area (Å²) in [5, 5.41) is 0. The number of ether oxygens (including phenoxy) is 8. The first-order valence-corrected chi connectivity index (χ1v) is 27.4. The van der Waals surface area contributed by atoms with Crippen molar-refractivity contribution in [2.45, 2.75) is 184 Å². The zero-order chi connectivity index (χ0) is 56.2. The van der Waals surface area contributed by atoms with Crippen molar-refractivity contribution < 1.29 is 57.1 Å². The van der Waals surface area contributed by atoms with Gasteiger partial charge in [0.1, 0.15) is 23.0 Å². The maximum Gasteiger partial charge on any atom is 0.344 e. The summed E-state index contributed by atoms with van der Waals surface area (Å²) in [4.78, 5) is 52.5. The van der Waals surface area contributed by atoms with Gasteiger partial charge < -0.3 is 37.9 Å². The fourth-order valence-corrected chi connectivity index (χ4v) is 9.44. The normalized spacial score (nSPS) is 13.5. The van der Waals surface area contributed by atoms with Gasteiger partial charge in [0.05, 0.1) is 26.4 Å². The largest absolute Gasteiger partial charge is 0.481 e. The van der Waals surface area contributed by atoms with Gasteiger partial charge in [-0.2, -0.15) is 0 Å². The first-order chi connectivity index (χ1) is 35.7. The van der Waals surface area contributed by atoms with Crippen LogP contribution in [-0.4, -0.2) is 76.7 Å². The van der Waals surface area contributed by atoms with Crippen LogP contribution in [0.4, 0.5) is 0 Å². The Balaban J connectivity index is 1.90. The van der Waals surface area contributed by atoms with E-state index in [0.29, 0.717) is 74.4 Å². The van der Waals surface area contributed by atoms with Crippen LogP contribution in [0.3, 0.4) is 0 Å². The topological polar surface area (TPSA) is 142 Å². The lowest BCUT2D eigenvalue weighted by Gasteiger charge is -2.28. The number of carbonyl (C=O) groups is 4. The smallest absolute Gasteiger partial charge is 0.344 e. The van der Waals surface area contributed by atoms with E-state index in [-0.39, 0.29) is 74.5 Å². The highest BCUT2D eigenvalue weighted by atomic mass is 16.6. The molecular formula is C64H88O12. The van der Waals surface area contributed by atoms with E-state index in [4.69, 9.17) is 37.9 Å². The Kier molecular flexibility index (Phi) is 21.1. The minimum Gasteiger partial charge on any atom is -0.481 e. The Morgan fingerprint density at radius 2 is 0.513 bits per heavy atom. The number of carbonyl (C=O) groups excluding carboxylic acids is 4. The highest BCUT2D eigenvalue weighted by Crippen LogP contribution is 2.42.